The van der Waals surface area contributed by atoms with Crippen molar-refractivity contribution in [2.45, 2.75) is 68.3 Å². The third-order valence-electron chi connectivity index (χ3n) is 7.84. The van der Waals surface area contributed by atoms with E-state index in [1.807, 2.05) is 0 Å². The predicted octanol–water partition coefficient (Wildman–Crippen LogP) is -1.38. The van der Waals surface area contributed by atoms with E-state index in [-0.39, 0.29) is 39.9 Å². The molecule has 0 amide bonds. The Bertz CT molecular complexity index is 1600. The van der Waals surface area contributed by atoms with Crippen LogP contribution in [0.25, 0.3) is 22.3 Å². The molecule has 3 aromatic rings. The van der Waals surface area contributed by atoms with Crippen molar-refractivity contribution in [2.24, 2.45) is 0 Å². The second kappa shape index (κ2) is 13.1. The first-order chi connectivity index (χ1) is 21.8. The van der Waals surface area contributed by atoms with Crippen LogP contribution in [0.1, 0.15) is 6.92 Å². The predicted molar refractivity (Wildman–Crippen MR) is 152 cm³/mol. The van der Waals surface area contributed by atoms with Crippen molar-refractivity contribution in [3.05, 3.63) is 34.5 Å². The molecule has 2 fully saturated rings. The summed E-state index contributed by atoms with van der Waals surface area (Å²) in [5, 5.41) is 93.3. The Hall–Kier alpha value is -3.91. The van der Waals surface area contributed by atoms with E-state index in [9.17, 15) is 50.8 Å². The Balaban J connectivity index is 1.48. The largest absolute Gasteiger partial charge is 0.507 e. The quantitative estimate of drug-likeness (QED) is 0.135. The molecule has 5 rings (SSSR count). The summed E-state index contributed by atoms with van der Waals surface area (Å²) >= 11 is 0. The van der Waals surface area contributed by atoms with Crippen LogP contribution in [-0.2, 0) is 14.2 Å². The van der Waals surface area contributed by atoms with Crippen molar-refractivity contribution < 1.29 is 78.8 Å². The molecule has 0 spiro atoms. The normalized spacial score (nSPS) is 31.5. The fraction of sp³-hybridized carbons (Fsp3) is 0.483. The minimum absolute atomic E-state index is 0.0543. The third kappa shape index (κ3) is 5.88. The average Bonchev–Trinajstić information content (AvgIpc) is 3.03. The monoisotopic (exact) mass is 654 g/mol. The number of fused-ring (bicyclic) bond motifs is 1. The Labute approximate surface area is 259 Å². The van der Waals surface area contributed by atoms with Gasteiger partial charge in [0.05, 0.1) is 26.9 Å². The summed E-state index contributed by atoms with van der Waals surface area (Å²) in [6, 6.07) is 4.62. The van der Waals surface area contributed by atoms with E-state index in [2.05, 4.69) is 0 Å². The maximum atomic E-state index is 13.1. The van der Waals surface area contributed by atoms with Crippen molar-refractivity contribution in [1.29, 1.82) is 0 Å². The maximum Gasteiger partial charge on any atom is 0.238 e. The van der Waals surface area contributed by atoms with Crippen molar-refractivity contribution in [3.63, 3.8) is 0 Å². The number of aliphatic hydroxyl groups is 6. The van der Waals surface area contributed by atoms with Crippen LogP contribution >= 0.6 is 0 Å². The van der Waals surface area contributed by atoms with Crippen LogP contribution in [0.2, 0.25) is 0 Å². The van der Waals surface area contributed by atoms with Crippen LogP contribution in [0, 0.1) is 0 Å². The number of aromatic hydroxyl groups is 3. The van der Waals surface area contributed by atoms with E-state index in [0.29, 0.717) is 0 Å². The molecule has 0 saturated carbocycles. The molecule has 1 aromatic heterocycles. The van der Waals surface area contributed by atoms with Crippen LogP contribution in [0.4, 0.5) is 0 Å². The molecule has 2 aliphatic heterocycles. The summed E-state index contributed by atoms with van der Waals surface area (Å²) in [5.41, 5.74) is -1.26. The van der Waals surface area contributed by atoms with Crippen LogP contribution in [0.5, 0.6) is 34.5 Å². The van der Waals surface area contributed by atoms with Gasteiger partial charge in [-0.25, -0.2) is 0 Å². The lowest BCUT2D eigenvalue weighted by atomic mass is 9.97. The van der Waals surface area contributed by atoms with Gasteiger partial charge in [0.15, 0.2) is 23.5 Å². The van der Waals surface area contributed by atoms with E-state index in [1.54, 1.807) is 0 Å². The summed E-state index contributed by atoms with van der Waals surface area (Å²) in [6.45, 7) is 0.624. The zero-order chi connectivity index (χ0) is 33.6. The number of benzene rings is 2. The van der Waals surface area contributed by atoms with Gasteiger partial charge in [-0.05, 0) is 19.1 Å². The van der Waals surface area contributed by atoms with Gasteiger partial charge >= 0.3 is 0 Å². The minimum Gasteiger partial charge on any atom is -0.507 e. The summed E-state index contributed by atoms with van der Waals surface area (Å²) in [5.74, 6) is -2.69. The van der Waals surface area contributed by atoms with Crippen molar-refractivity contribution in [3.8, 4) is 45.8 Å². The van der Waals surface area contributed by atoms with Crippen LogP contribution in [-0.4, -0.2) is 128 Å². The molecule has 0 aliphatic carbocycles. The Morgan fingerprint density at radius 1 is 0.783 bits per heavy atom. The Kier molecular flexibility index (Phi) is 9.50. The van der Waals surface area contributed by atoms with Gasteiger partial charge in [-0.15, -0.1) is 0 Å². The van der Waals surface area contributed by atoms with Crippen molar-refractivity contribution in [1.82, 2.24) is 0 Å². The topological polar surface area (TPSA) is 268 Å². The first kappa shape index (κ1) is 33.5. The number of hydrogen-bond donors (Lipinski definition) is 9. The standard InChI is InChI=1S/C29H34O17/c1-9-18(32)22(36)24(38)28(42-9)46-27-20(34)16(8-30)45-29(25(27)39)43-11-6-12(31)17-13(7-11)44-26(23(37)21(17)35)10-4-14(40-2)19(33)15(5-10)41-3/h4-7,9,16,18,20,22,24-25,27-34,36-39H,8H2,1-3H3. The van der Waals surface area contributed by atoms with E-state index in [1.165, 1.54) is 33.3 Å². The van der Waals surface area contributed by atoms with Gasteiger partial charge in [0, 0.05) is 17.7 Å². The summed E-state index contributed by atoms with van der Waals surface area (Å²) in [7, 11) is 2.54. The zero-order valence-electron chi connectivity index (χ0n) is 24.6. The van der Waals surface area contributed by atoms with Gasteiger partial charge in [-0.1, -0.05) is 0 Å². The first-order valence-corrected chi connectivity index (χ1v) is 13.9. The van der Waals surface area contributed by atoms with Crippen molar-refractivity contribution >= 4 is 11.0 Å². The van der Waals surface area contributed by atoms with Gasteiger partial charge in [0.2, 0.25) is 23.2 Å². The molecule has 252 valence electrons. The van der Waals surface area contributed by atoms with Crippen LogP contribution < -0.4 is 19.6 Å². The lowest BCUT2D eigenvalue weighted by Crippen LogP contribution is -2.64. The highest BCUT2D eigenvalue weighted by molar-refractivity contribution is 5.88. The zero-order valence-corrected chi connectivity index (χ0v) is 24.6. The fourth-order valence-corrected chi connectivity index (χ4v) is 5.28. The highest BCUT2D eigenvalue weighted by Gasteiger charge is 2.50. The molecule has 2 aromatic carbocycles. The van der Waals surface area contributed by atoms with E-state index >= 15 is 0 Å². The molecule has 3 heterocycles. The summed E-state index contributed by atoms with van der Waals surface area (Å²) < 4.78 is 38.3. The lowest BCUT2D eigenvalue weighted by Gasteiger charge is -2.45. The maximum absolute atomic E-state index is 13.1. The molecule has 46 heavy (non-hydrogen) atoms. The third-order valence-corrected chi connectivity index (χ3v) is 7.84. The number of hydrogen-bond acceptors (Lipinski definition) is 17. The van der Waals surface area contributed by atoms with Gasteiger partial charge in [-0.2, -0.15) is 0 Å². The number of rotatable bonds is 8. The Morgan fingerprint density at radius 3 is 2.04 bits per heavy atom. The number of aliphatic hydroxyl groups excluding tert-OH is 6. The van der Waals surface area contributed by atoms with Crippen LogP contribution in [0.3, 0.4) is 0 Å². The smallest absolute Gasteiger partial charge is 0.238 e. The van der Waals surface area contributed by atoms with E-state index < -0.39 is 90.3 Å². The second-order valence-electron chi connectivity index (χ2n) is 10.8. The molecule has 9 N–H and O–H groups in total. The molecular formula is C29H34O17. The molecule has 10 unspecified atom stereocenters. The number of phenolic OH excluding ortho intramolecular Hbond substituents is 2. The first-order valence-electron chi connectivity index (χ1n) is 13.9. The SMILES string of the molecule is COc1cc(-c2oc3cc(OC4OC(CO)C(O)C(OC5OC(C)C(O)C(O)C5O)C4O)cc(O)c3c(=O)c2O)cc(OC)c1O. The lowest BCUT2D eigenvalue weighted by molar-refractivity contribution is -0.349. The number of ether oxygens (including phenoxy) is 6. The van der Waals surface area contributed by atoms with Gasteiger partial charge in [0.25, 0.3) is 0 Å². The molecule has 0 bridgehead atoms. The van der Waals surface area contributed by atoms with Gasteiger partial charge < -0.3 is 78.8 Å². The highest BCUT2D eigenvalue weighted by atomic mass is 16.7. The molecular weight excluding hydrogens is 620 g/mol. The molecule has 0 radical (unpaired) electrons. The summed E-state index contributed by atoms with van der Waals surface area (Å²) in [4.78, 5) is 13.1. The Morgan fingerprint density at radius 2 is 1.43 bits per heavy atom. The van der Waals surface area contributed by atoms with Gasteiger partial charge in [0.1, 0.15) is 65.2 Å². The molecule has 2 aliphatic rings. The minimum atomic E-state index is -1.84. The fourth-order valence-electron chi connectivity index (χ4n) is 5.28. The second-order valence-corrected chi connectivity index (χ2v) is 10.8. The molecule has 17 heteroatoms. The number of phenols is 2. The summed E-state index contributed by atoms with van der Waals surface area (Å²) in [6.07, 6.45) is -15.8. The highest BCUT2D eigenvalue weighted by Crippen LogP contribution is 2.43. The van der Waals surface area contributed by atoms with Crippen LogP contribution in [0.15, 0.2) is 33.5 Å². The van der Waals surface area contributed by atoms with Gasteiger partial charge in [-0.3, -0.25) is 4.79 Å². The molecule has 17 nitrogen and oxygen atoms in total. The van der Waals surface area contributed by atoms with E-state index in [0.717, 1.165) is 12.1 Å². The molecule has 10 atom stereocenters. The molecule has 2 saturated heterocycles. The van der Waals surface area contributed by atoms with Crippen molar-refractivity contribution in [2.75, 3.05) is 20.8 Å². The number of methoxy groups -OCH3 is 2. The average molecular weight is 655 g/mol. The van der Waals surface area contributed by atoms with E-state index in [4.69, 9.17) is 32.8 Å².